The number of anilines is 1. The Morgan fingerprint density at radius 3 is 2.57 bits per heavy atom. The third-order valence-electron chi connectivity index (χ3n) is 2.99. The van der Waals surface area contributed by atoms with Crippen LogP contribution in [0.4, 0.5) is 5.69 Å². The van der Waals surface area contributed by atoms with Gasteiger partial charge in [0.1, 0.15) is 0 Å². The molecule has 2 rings (SSSR count). The average molecular weight is 390 g/mol. The van der Waals surface area contributed by atoms with Crippen molar-refractivity contribution in [3.8, 4) is 0 Å². The zero-order valence-corrected chi connectivity index (χ0v) is 14.4. The van der Waals surface area contributed by atoms with E-state index in [1.165, 1.54) is 6.07 Å². The molecule has 0 aromatic heterocycles. The van der Waals surface area contributed by atoms with Gasteiger partial charge in [-0.1, -0.05) is 39.7 Å². The molecule has 0 fully saturated rings. The Hall–Kier alpha value is -1.08. The molecule has 0 heterocycles. The largest absolute Gasteiger partial charge is 0.381 e. The fourth-order valence-corrected chi connectivity index (χ4v) is 3.51. The summed E-state index contributed by atoms with van der Waals surface area (Å²) in [6.45, 7) is 2.24. The number of nitrogens with one attached hydrogen (secondary N) is 1. The molecule has 7 heteroatoms. The molecule has 0 aliphatic rings. The fourth-order valence-electron chi connectivity index (χ4n) is 1.88. The van der Waals surface area contributed by atoms with E-state index in [9.17, 15) is 8.42 Å². The lowest BCUT2D eigenvalue weighted by Gasteiger charge is -2.11. The standard InChI is InChI=1S/C14H14BrClN2O2S/c1-9-2-5-12(7-14(9)21(17,19)20)18-8-10-3-4-11(16)6-13(10)15/h2-7,18H,8H2,1H3,(H2,17,19,20). The van der Waals surface area contributed by atoms with Gasteiger partial charge in [-0.2, -0.15) is 0 Å². The van der Waals surface area contributed by atoms with Gasteiger partial charge in [0.25, 0.3) is 0 Å². The number of primary sulfonamides is 1. The average Bonchev–Trinajstić information content (AvgIpc) is 2.38. The zero-order valence-electron chi connectivity index (χ0n) is 11.2. The Labute approximate surface area is 137 Å². The van der Waals surface area contributed by atoms with Gasteiger partial charge >= 0.3 is 0 Å². The van der Waals surface area contributed by atoms with Crippen molar-refractivity contribution in [2.24, 2.45) is 5.14 Å². The van der Waals surface area contributed by atoms with E-state index in [-0.39, 0.29) is 4.90 Å². The highest BCUT2D eigenvalue weighted by Gasteiger charge is 2.12. The van der Waals surface area contributed by atoms with Gasteiger partial charge in [-0.05, 0) is 42.3 Å². The summed E-state index contributed by atoms with van der Waals surface area (Å²) < 4.78 is 23.9. The normalized spacial score (nSPS) is 11.4. The predicted octanol–water partition coefficient (Wildman–Crippen LogP) is 3.67. The molecule has 0 spiro atoms. The monoisotopic (exact) mass is 388 g/mol. The Morgan fingerprint density at radius 1 is 1.24 bits per heavy atom. The van der Waals surface area contributed by atoms with E-state index in [2.05, 4.69) is 21.2 Å². The molecule has 0 bridgehead atoms. The van der Waals surface area contributed by atoms with E-state index in [4.69, 9.17) is 16.7 Å². The van der Waals surface area contributed by atoms with Crippen LogP contribution in [0.15, 0.2) is 45.8 Å². The second-order valence-corrected chi connectivity index (χ2v) is 7.44. The molecule has 4 nitrogen and oxygen atoms in total. The van der Waals surface area contributed by atoms with Crippen molar-refractivity contribution in [2.45, 2.75) is 18.4 Å². The number of sulfonamides is 1. The van der Waals surface area contributed by atoms with Crippen molar-refractivity contribution < 1.29 is 8.42 Å². The van der Waals surface area contributed by atoms with Crippen molar-refractivity contribution in [1.82, 2.24) is 0 Å². The topological polar surface area (TPSA) is 72.2 Å². The predicted molar refractivity (Wildman–Crippen MR) is 89.0 cm³/mol. The molecule has 0 atom stereocenters. The van der Waals surface area contributed by atoms with E-state index in [1.54, 1.807) is 19.1 Å². The lowest BCUT2D eigenvalue weighted by atomic mass is 10.2. The van der Waals surface area contributed by atoms with Crippen LogP contribution in [0.2, 0.25) is 5.02 Å². The first kappa shape index (κ1) is 16.3. The van der Waals surface area contributed by atoms with Crippen LogP contribution in [0, 0.1) is 6.92 Å². The van der Waals surface area contributed by atoms with Crippen LogP contribution >= 0.6 is 27.5 Å². The summed E-state index contributed by atoms with van der Waals surface area (Å²) in [4.78, 5) is 0.127. The number of benzene rings is 2. The van der Waals surface area contributed by atoms with E-state index < -0.39 is 10.0 Å². The molecule has 112 valence electrons. The highest BCUT2D eigenvalue weighted by Crippen LogP contribution is 2.24. The van der Waals surface area contributed by atoms with Gasteiger partial charge in [-0.3, -0.25) is 0 Å². The summed E-state index contributed by atoms with van der Waals surface area (Å²) in [7, 11) is -3.72. The molecule has 21 heavy (non-hydrogen) atoms. The minimum absolute atomic E-state index is 0.127. The molecular weight excluding hydrogens is 376 g/mol. The molecular formula is C14H14BrClN2O2S. The molecule has 0 saturated heterocycles. The van der Waals surface area contributed by atoms with Crippen LogP contribution in [-0.2, 0) is 16.6 Å². The van der Waals surface area contributed by atoms with Gasteiger partial charge in [0.05, 0.1) is 4.90 Å². The summed E-state index contributed by atoms with van der Waals surface area (Å²) in [6.07, 6.45) is 0. The van der Waals surface area contributed by atoms with Gasteiger partial charge < -0.3 is 5.32 Å². The first-order valence-corrected chi connectivity index (χ1v) is 8.80. The number of halogens is 2. The van der Waals surface area contributed by atoms with Crippen molar-refractivity contribution >= 4 is 43.2 Å². The van der Waals surface area contributed by atoms with Gasteiger partial charge in [-0.25, -0.2) is 13.6 Å². The molecule has 0 saturated carbocycles. The van der Waals surface area contributed by atoms with Crippen molar-refractivity contribution in [1.29, 1.82) is 0 Å². The van der Waals surface area contributed by atoms with Gasteiger partial charge in [0.2, 0.25) is 10.0 Å². The molecule has 0 aliphatic heterocycles. The van der Waals surface area contributed by atoms with Crippen molar-refractivity contribution in [3.05, 3.63) is 57.0 Å². The highest BCUT2D eigenvalue weighted by molar-refractivity contribution is 9.10. The maximum atomic E-state index is 11.5. The molecule has 3 N–H and O–H groups in total. The molecule has 0 radical (unpaired) electrons. The van der Waals surface area contributed by atoms with Crippen LogP contribution < -0.4 is 10.5 Å². The minimum atomic E-state index is -3.72. The molecule has 0 unspecified atom stereocenters. The summed E-state index contributed by atoms with van der Waals surface area (Å²) in [5.74, 6) is 0. The van der Waals surface area contributed by atoms with Crippen LogP contribution in [-0.4, -0.2) is 8.42 Å². The molecule has 2 aromatic rings. The maximum absolute atomic E-state index is 11.5. The fraction of sp³-hybridized carbons (Fsp3) is 0.143. The highest BCUT2D eigenvalue weighted by atomic mass is 79.9. The number of hydrogen-bond donors (Lipinski definition) is 2. The lowest BCUT2D eigenvalue weighted by Crippen LogP contribution is -2.14. The first-order chi connectivity index (χ1) is 9.77. The number of hydrogen-bond acceptors (Lipinski definition) is 3. The van der Waals surface area contributed by atoms with E-state index in [0.717, 1.165) is 10.0 Å². The SMILES string of the molecule is Cc1ccc(NCc2ccc(Cl)cc2Br)cc1S(N)(=O)=O. The van der Waals surface area contributed by atoms with Crippen molar-refractivity contribution in [2.75, 3.05) is 5.32 Å². The third-order valence-corrected chi connectivity index (χ3v) is 5.02. The minimum Gasteiger partial charge on any atom is -0.381 e. The number of aryl methyl sites for hydroxylation is 1. The number of rotatable bonds is 4. The van der Waals surface area contributed by atoms with E-state index in [0.29, 0.717) is 22.8 Å². The van der Waals surface area contributed by atoms with Crippen LogP contribution in [0.3, 0.4) is 0 Å². The first-order valence-electron chi connectivity index (χ1n) is 6.08. The van der Waals surface area contributed by atoms with Crippen LogP contribution in [0.1, 0.15) is 11.1 Å². The second kappa shape index (κ2) is 6.36. The Kier molecular flexibility index (Phi) is 4.93. The zero-order chi connectivity index (χ0) is 15.6. The number of nitrogens with two attached hydrogens (primary N) is 1. The van der Waals surface area contributed by atoms with Gasteiger partial charge in [-0.15, -0.1) is 0 Å². The Morgan fingerprint density at radius 2 is 1.95 bits per heavy atom. The summed E-state index contributed by atoms with van der Waals surface area (Å²) in [5.41, 5.74) is 2.32. The van der Waals surface area contributed by atoms with E-state index >= 15 is 0 Å². The van der Waals surface area contributed by atoms with Crippen molar-refractivity contribution in [3.63, 3.8) is 0 Å². The van der Waals surface area contributed by atoms with E-state index in [1.807, 2.05) is 18.2 Å². The molecule has 0 aliphatic carbocycles. The third kappa shape index (κ3) is 4.20. The Bertz CT molecular complexity index is 779. The molecule has 2 aromatic carbocycles. The quantitative estimate of drug-likeness (QED) is 0.838. The van der Waals surface area contributed by atoms with Gasteiger partial charge in [0, 0.05) is 21.7 Å². The van der Waals surface area contributed by atoms with Gasteiger partial charge in [0.15, 0.2) is 0 Å². The summed E-state index contributed by atoms with van der Waals surface area (Å²) in [5, 5.41) is 9.02. The Balaban J connectivity index is 2.21. The second-order valence-electron chi connectivity index (χ2n) is 4.61. The smallest absolute Gasteiger partial charge is 0.238 e. The summed E-state index contributed by atoms with van der Waals surface area (Å²) >= 11 is 9.33. The maximum Gasteiger partial charge on any atom is 0.238 e. The van der Waals surface area contributed by atoms with Crippen LogP contribution in [0.25, 0.3) is 0 Å². The lowest BCUT2D eigenvalue weighted by molar-refractivity contribution is 0.597. The molecule has 0 amide bonds. The summed E-state index contributed by atoms with van der Waals surface area (Å²) in [6, 6.07) is 10.6. The van der Waals surface area contributed by atoms with Crippen LogP contribution in [0.5, 0.6) is 0 Å².